The lowest BCUT2D eigenvalue weighted by Crippen LogP contribution is -2.23. The summed E-state index contributed by atoms with van der Waals surface area (Å²) < 4.78 is 33.2. The highest BCUT2D eigenvalue weighted by Crippen LogP contribution is 2.23. The van der Waals surface area contributed by atoms with Crippen LogP contribution in [0.2, 0.25) is 0 Å². The Morgan fingerprint density at radius 2 is 0.782 bits per heavy atom. The zero-order valence-electron chi connectivity index (χ0n) is 32.1. The predicted octanol–water partition coefficient (Wildman–Crippen LogP) is 10.4. The Morgan fingerprint density at radius 1 is 0.436 bits per heavy atom. The summed E-state index contributed by atoms with van der Waals surface area (Å²) in [5.74, 6) is -0.653. The maximum Gasteiger partial charge on any atom is 0.343 e. The van der Waals surface area contributed by atoms with E-state index in [0.717, 1.165) is 25.7 Å². The minimum atomic E-state index is -0.818. The number of unbranched alkanes of at least 4 members (excludes halogenated alkanes) is 8. The van der Waals surface area contributed by atoms with Crippen LogP contribution in [0.5, 0.6) is 34.5 Å². The SMILES string of the molecule is CCCCCCCOc1ccc(OC(=O)c2ccc(OC(=O)CC(C)C(=O)Oc3ccc(C(=O)Oc4ccc(OCCCCCCC)cc4)cc3)cc2)cc1. The Labute approximate surface area is 324 Å². The standard InChI is InChI=1S/C45H52O10/c1-4-6-8-10-12-30-50-36-22-26-40(27-23-36)54-44(48)34-14-18-38(19-15-34)52-42(46)32-33(3)43(47)53-39-20-16-35(17-21-39)45(49)55-41-28-24-37(25-29-41)51-31-13-11-9-7-5-2/h14-29,33H,4-13,30-32H2,1-3H3. The zero-order chi connectivity index (χ0) is 39.3. The maximum atomic E-state index is 12.7. The molecule has 0 heterocycles. The van der Waals surface area contributed by atoms with Gasteiger partial charge in [-0.3, -0.25) is 9.59 Å². The van der Waals surface area contributed by atoms with Gasteiger partial charge in [-0.2, -0.15) is 0 Å². The van der Waals surface area contributed by atoms with Gasteiger partial charge < -0.3 is 28.4 Å². The van der Waals surface area contributed by atoms with E-state index in [4.69, 9.17) is 28.4 Å². The van der Waals surface area contributed by atoms with Crippen LogP contribution in [0, 0.1) is 5.92 Å². The van der Waals surface area contributed by atoms with Crippen molar-refractivity contribution in [2.75, 3.05) is 13.2 Å². The summed E-state index contributed by atoms with van der Waals surface area (Å²) in [6, 6.07) is 25.6. The van der Waals surface area contributed by atoms with Crippen molar-refractivity contribution in [3.05, 3.63) is 108 Å². The first-order chi connectivity index (χ1) is 26.7. The topological polar surface area (TPSA) is 124 Å². The molecule has 0 N–H and O–H groups in total. The Kier molecular flexibility index (Phi) is 17.8. The normalized spacial score (nSPS) is 11.3. The second-order valence-electron chi connectivity index (χ2n) is 13.3. The predicted molar refractivity (Wildman–Crippen MR) is 209 cm³/mol. The molecule has 0 aliphatic rings. The summed E-state index contributed by atoms with van der Waals surface area (Å²) >= 11 is 0. The Bertz CT molecular complexity index is 1760. The van der Waals surface area contributed by atoms with Crippen LogP contribution in [0.15, 0.2) is 97.1 Å². The fourth-order valence-electron chi connectivity index (χ4n) is 5.37. The number of esters is 4. The summed E-state index contributed by atoms with van der Waals surface area (Å²) in [7, 11) is 0. The zero-order valence-corrected chi connectivity index (χ0v) is 32.1. The average Bonchev–Trinajstić information content (AvgIpc) is 3.19. The van der Waals surface area contributed by atoms with Gasteiger partial charge in [0, 0.05) is 0 Å². The third-order valence-corrected chi connectivity index (χ3v) is 8.61. The molecule has 55 heavy (non-hydrogen) atoms. The largest absolute Gasteiger partial charge is 0.494 e. The van der Waals surface area contributed by atoms with E-state index in [1.807, 2.05) is 0 Å². The van der Waals surface area contributed by atoms with E-state index in [1.165, 1.54) is 87.1 Å². The molecule has 10 nitrogen and oxygen atoms in total. The summed E-state index contributed by atoms with van der Waals surface area (Å²) in [5, 5.41) is 0. The smallest absolute Gasteiger partial charge is 0.343 e. The van der Waals surface area contributed by atoms with Crippen molar-refractivity contribution in [2.45, 2.75) is 91.4 Å². The first kappa shape index (κ1) is 42.1. The van der Waals surface area contributed by atoms with E-state index >= 15 is 0 Å². The van der Waals surface area contributed by atoms with Gasteiger partial charge >= 0.3 is 23.9 Å². The molecule has 4 aromatic carbocycles. The number of ether oxygens (including phenoxy) is 6. The van der Waals surface area contributed by atoms with Crippen molar-refractivity contribution in [3.63, 3.8) is 0 Å². The van der Waals surface area contributed by atoms with Crippen molar-refractivity contribution in [1.29, 1.82) is 0 Å². The average molecular weight is 753 g/mol. The van der Waals surface area contributed by atoms with Gasteiger partial charge in [-0.1, -0.05) is 72.1 Å². The molecule has 1 unspecified atom stereocenters. The maximum absolute atomic E-state index is 12.7. The molecular weight excluding hydrogens is 700 g/mol. The van der Waals surface area contributed by atoms with Gasteiger partial charge in [0.15, 0.2) is 0 Å². The molecule has 0 radical (unpaired) electrons. The summed E-state index contributed by atoms with van der Waals surface area (Å²) in [4.78, 5) is 50.6. The van der Waals surface area contributed by atoms with E-state index in [-0.39, 0.29) is 29.0 Å². The fourth-order valence-corrected chi connectivity index (χ4v) is 5.37. The summed E-state index contributed by atoms with van der Waals surface area (Å²) in [6.45, 7) is 7.21. The van der Waals surface area contributed by atoms with E-state index in [1.54, 1.807) is 55.5 Å². The third kappa shape index (κ3) is 15.3. The van der Waals surface area contributed by atoms with Crippen LogP contribution in [0.4, 0.5) is 0 Å². The van der Waals surface area contributed by atoms with E-state index in [0.29, 0.717) is 36.2 Å². The monoisotopic (exact) mass is 752 g/mol. The molecular formula is C45H52O10. The number of benzene rings is 4. The molecule has 0 spiro atoms. The summed E-state index contributed by atoms with van der Waals surface area (Å²) in [5.41, 5.74) is 0.539. The van der Waals surface area contributed by atoms with E-state index < -0.39 is 29.8 Å². The van der Waals surface area contributed by atoms with Crippen molar-refractivity contribution in [1.82, 2.24) is 0 Å². The lowest BCUT2D eigenvalue weighted by molar-refractivity contribution is -0.144. The summed E-state index contributed by atoms with van der Waals surface area (Å²) in [6.07, 6.45) is 11.3. The molecule has 0 saturated heterocycles. The number of hydrogen-bond acceptors (Lipinski definition) is 10. The number of rotatable bonds is 23. The highest BCUT2D eigenvalue weighted by Gasteiger charge is 2.21. The Morgan fingerprint density at radius 3 is 1.20 bits per heavy atom. The molecule has 0 amide bonds. The van der Waals surface area contributed by atoms with E-state index in [9.17, 15) is 19.2 Å². The van der Waals surface area contributed by atoms with Crippen LogP contribution in [0.25, 0.3) is 0 Å². The van der Waals surface area contributed by atoms with Crippen LogP contribution in [0.1, 0.15) is 112 Å². The van der Waals surface area contributed by atoms with Crippen molar-refractivity contribution in [3.8, 4) is 34.5 Å². The van der Waals surface area contributed by atoms with Gasteiger partial charge in [-0.25, -0.2) is 9.59 Å². The molecule has 0 fully saturated rings. The number of carbonyl (C=O) groups is 4. The van der Waals surface area contributed by atoms with Gasteiger partial charge in [0.25, 0.3) is 0 Å². The molecule has 0 aromatic heterocycles. The minimum Gasteiger partial charge on any atom is -0.494 e. The second kappa shape index (κ2) is 23.2. The molecule has 4 rings (SSSR count). The Balaban J connectivity index is 1.15. The highest BCUT2D eigenvalue weighted by atomic mass is 16.6. The number of carbonyl (C=O) groups excluding carboxylic acids is 4. The van der Waals surface area contributed by atoms with Crippen molar-refractivity contribution < 1.29 is 47.6 Å². The van der Waals surface area contributed by atoms with Crippen LogP contribution >= 0.6 is 0 Å². The minimum absolute atomic E-state index is 0.206. The van der Waals surface area contributed by atoms with E-state index in [2.05, 4.69) is 13.8 Å². The van der Waals surface area contributed by atoms with Gasteiger partial charge in [0.05, 0.1) is 36.7 Å². The first-order valence-electron chi connectivity index (χ1n) is 19.3. The molecule has 1 atom stereocenters. The second-order valence-corrected chi connectivity index (χ2v) is 13.3. The Hall–Kier alpha value is -5.64. The van der Waals surface area contributed by atoms with Crippen molar-refractivity contribution in [2.24, 2.45) is 5.92 Å². The lowest BCUT2D eigenvalue weighted by Gasteiger charge is -2.12. The molecule has 292 valence electrons. The molecule has 0 bridgehead atoms. The van der Waals surface area contributed by atoms with Crippen LogP contribution < -0.4 is 28.4 Å². The fraction of sp³-hybridized carbons (Fsp3) is 0.378. The molecule has 0 saturated carbocycles. The van der Waals surface area contributed by atoms with Gasteiger partial charge in [0.2, 0.25) is 0 Å². The van der Waals surface area contributed by atoms with Crippen LogP contribution in [-0.4, -0.2) is 37.1 Å². The van der Waals surface area contributed by atoms with Crippen LogP contribution in [-0.2, 0) is 9.59 Å². The quantitative estimate of drug-likeness (QED) is 0.0411. The van der Waals surface area contributed by atoms with Crippen molar-refractivity contribution >= 4 is 23.9 Å². The molecule has 4 aromatic rings. The van der Waals surface area contributed by atoms with Gasteiger partial charge in [-0.05, 0) is 110 Å². The highest BCUT2D eigenvalue weighted by molar-refractivity contribution is 5.92. The first-order valence-corrected chi connectivity index (χ1v) is 19.3. The molecule has 10 heteroatoms. The van der Waals surface area contributed by atoms with Gasteiger partial charge in [0.1, 0.15) is 34.5 Å². The third-order valence-electron chi connectivity index (χ3n) is 8.61. The lowest BCUT2D eigenvalue weighted by atomic mass is 10.1. The van der Waals surface area contributed by atoms with Gasteiger partial charge in [-0.15, -0.1) is 0 Å². The van der Waals surface area contributed by atoms with Crippen LogP contribution in [0.3, 0.4) is 0 Å². The molecule has 0 aliphatic heterocycles. The number of hydrogen-bond donors (Lipinski definition) is 0. The molecule has 0 aliphatic carbocycles.